The van der Waals surface area contributed by atoms with Crippen molar-refractivity contribution in [1.29, 1.82) is 0 Å². The molecule has 1 aliphatic carbocycles. The Kier molecular flexibility index (Phi) is 3.62. The summed E-state index contributed by atoms with van der Waals surface area (Å²) >= 11 is 1.57. The molecule has 118 valence electrons. The van der Waals surface area contributed by atoms with Crippen molar-refractivity contribution in [3.05, 3.63) is 23.8 Å². The van der Waals surface area contributed by atoms with Crippen molar-refractivity contribution in [1.82, 2.24) is 24.0 Å². The molecule has 3 heterocycles. The minimum Gasteiger partial charge on any atom is -0.344 e. The van der Waals surface area contributed by atoms with E-state index in [4.69, 9.17) is 4.98 Å². The van der Waals surface area contributed by atoms with Gasteiger partial charge in [-0.2, -0.15) is 9.47 Å². The number of aryl methyl sites for hydroxylation is 1. The maximum absolute atomic E-state index is 4.74. The summed E-state index contributed by atoms with van der Waals surface area (Å²) < 4.78 is 6.40. The van der Waals surface area contributed by atoms with Gasteiger partial charge in [0.1, 0.15) is 5.82 Å². The van der Waals surface area contributed by atoms with Crippen molar-refractivity contribution >= 4 is 16.7 Å². The second kappa shape index (κ2) is 5.62. The molecule has 1 saturated carbocycles. The van der Waals surface area contributed by atoms with Gasteiger partial charge in [-0.05, 0) is 19.8 Å². The highest BCUT2D eigenvalue weighted by Crippen LogP contribution is 2.39. The van der Waals surface area contributed by atoms with Crippen LogP contribution in [-0.4, -0.2) is 49.7 Å². The lowest BCUT2D eigenvalue weighted by atomic mass is 10.2. The Morgan fingerprint density at radius 1 is 1.32 bits per heavy atom. The van der Waals surface area contributed by atoms with Crippen LogP contribution in [0.2, 0.25) is 0 Å². The molecule has 1 saturated heterocycles. The van der Waals surface area contributed by atoms with E-state index in [1.165, 1.54) is 18.4 Å². The first kappa shape index (κ1) is 14.1. The molecule has 22 heavy (non-hydrogen) atoms. The van der Waals surface area contributed by atoms with Crippen LogP contribution in [0.25, 0.3) is 0 Å². The highest BCUT2D eigenvalue weighted by Gasteiger charge is 2.30. The largest absolute Gasteiger partial charge is 0.344 e. The zero-order chi connectivity index (χ0) is 15.1. The van der Waals surface area contributed by atoms with Crippen molar-refractivity contribution in [2.24, 2.45) is 7.05 Å². The SMILES string of the molecule is CC1CN(c2nc(C3CC3)ns2)CCN1Cc1cnn(C)c1. The van der Waals surface area contributed by atoms with Gasteiger partial charge in [-0.25, -0.2) is 4.98 Å². The van der Waals surface area contributed by atoms with Gasteiger partial charge >= 0.3 is 0 Å². The summed E-state index contributed by atoms with van der Waals surface area (Å²) in [6.07, 6.45) is 6.61. The van der Waals surface area contributed by atoms with E-state index in [1.807, 2.05) is 17.9 Å². The van der Waals surface area contributed by atoms with Crippen LogP contribution < -0.4 is 4.90 Å². The van der Waals surface area contributed by atoms with E-state index < -0.39 is 0 Å². The molecule has 2 fully saturated rings. The number of nitrogens with zero attached hydrogens (tertiary/aromatic N) is 6. The van der Waals surface area contributed by atoms with Crippen LogP contribution >= 0.6 is 11.5 Å². The Morgan fingerprint density at radius 2 is 2.18 bits per heavy atom. The average Bonchev–Trinajstić information content (AvgIpc) is 3.09. The molecule has 4 rings (SSSR count). The molecule has 2 aromatic heterocycles. The smallest absolute Gasteiger partial charge is 0.205 e. The molecule has 2 aromatic rings. The van der Waals surface area contributed by atoms with Crippen LogP contribution in [0.3, 0.4) is 0 Å². The predicted octanol–water partition coefficient (Wildman–Crippen LogP) is 1.86. The first-order valence-corrected chi connectivity index (χ1v) is 8.76. The van der Waals surface area contributed by atoms with E-state index in [2.05, 4.69) is 32.4 Å². The molecule has 1 unspecified atom stereocenters. The third-order valence-corrected chi connectivity index (χ3v) is 5.34. The third kappa shape index (κ3) is 2.87. The second-order valence-electron chi connectivity index (χ2n) is 6.50. The molecule has 7 heteroatoms. The molecule has 0 amide bonds. The van der Waals surface area contributed by atoms with Gasteiger partial charge in [-0.1, -0.05) is 0 Å². The van der Waals surface area contributed by atoms with Gasteiger partial charge in [-0.3, -0.25) is 9.58 Å². The van der Waals surface area contributed by atoms with E-state index in [1.54, 1.807) is 11.5 Å². The zero-order valence-electron chi connectivity index (χ0n) is 13.1. The first-order chi connectivity index (χ1) is 10.7. The number of aromatic nitrogens is 4. The van der Waals surface area contributed by atoms with E-state index in [0.29, 0.717) is 12.0 Å². The molecular formula is C15H22N6S. The standard InChI is InChI=1S/C15H22N6S/c1-11-8-21(15-17-14(18-22-15)13-3-4-13)6-5-20(11)10-12-7-16-19(2)9-12/h7,9,11,13H,3-6,8,10H2,1-2H3. The Labute approximate surface area is 134 Å². The Hall–Kier alpha value is -1.47. The van der Waals surface area contributed by atoms with Crippen molar-refractivity contribution in [3.63, 3.8) is 0 Å². The molecule has 0 N–H and O–H groups in total. The van der Waals surface area contributed by atoms with Crippen molar-refractivity contribution in [3.8, 4) is 0 Å². The summed E-state index contributed by atoms with van der Waals surface area (Å²) in [5.41, 5.74) is 1.29. The second-order valence-corrected chi connectivity index (χ2v) is 7.23. The highest BCUT2D eigenvalue weighted by atomic mass is 32.1. The molecule has 0 aromatic carbocycles. The Bertz CT molecular complexity index is 646. The van der Waals surface area contributed by atoms with Crippen LogP contribution in [0.4, 0.5) is 5.13 Å². The third-order valence-electron chi connectivity index (χ3n) is 4.55. The van der Waals surface area contributed by atoms with E-state index in [9.17, 15) is 0 Å². The fraction of sp³-hybridized carbons (Fsp3) is 0.667. The number of anilines is 1. The lowest BCUT2D eigenvalue weighted by Gasteiger charge is -2.39. The van der Waals surface area contributed by atoms with Gasteiger partial charge in [0.25, 0.3) is 0 Å². The minimum absolute atomic E-state index is 0.516. The van der Waals surface area contributed by atoms with Crippen LogP contribution in [0.1, 0.15) is 37.1 Å². The molecule has 6 nitrogen and oxygen atoms in total. The summed E-state index contributed by atoms with van der Waals surface area (Å²) in [6.45, 7) is 6.40. The van der Waals surface area contributed by atoms with E-state index >= 15 is 0 Å². The summed E-state index contributed by atoms with van der Waals surface area (Å²) in [7, 11) is 1.97. The van der Waals surface area contributed by atoms with Crippen LogP contribution in [-0.2, 0) is 13.6 Å². The monoisotopic (exact) mass is 318 g/mol. The minimum atomic E-state index is 0.516. The topological polar surface area (TPSA) is 50.1 Å². The van der Waals surface area contributed by atoms with Crippen molar-refractivity contribution < 1.29 is 0 Å². The van der Waals surface area contributed by atoms with Crippen molar-refractivity contribution in [2.75, 3.05) is 24.5 Å². The zero-order valence-corrected chi connectivity index (χ0v) is 14.0. The van der Waals surface area contributed by atoms with Gasteiger partial charge in [0.2, 0.25) is 5.13 Å². The fourth-order valence-corrected chi connectivity index (χ4v) is 3.83. The lowest BCUT2D eigenvalue weighted by Crippen LogP contribution is -2.51. The molecule has 0 bridgehead atoms. The molecule has 2 aliphatic rings. The van der Waals surface area contributed by atoms with Gasteiger partial charge in [0, 0.05) is 68.5 Å². The number of hydrogen-bond donors (Lipinski definition) is 0. The molecule has 0 spiro atoms. The quantitative estimate of drug-likeness (QED) is 0.861. The Morgan fingerprint density at radius 3 is 2.86 bits per heavy atom. The number of rotatable bonds is 4. The summed E-state index contributed by atoms with van der Waals surface area (Å²) in [5, 5.41) is 5.36. The van der Waals surface area contributed by atoms with Crippen LogP contribution in [0.15, 0.2) is 12.4 Å². The van der Waals surface area contributed by atoms with Gasteiger partial charge in [-0.15, -0.1) is 0 Å². The van der Waals surface area contributed by atoms with Crippen LogP contribution in [0.5, 0.6) is 0 Å². The average molecular weight is 318 g/mol. The summed E-state index contributed by atoms with van der Waals surface area (Å²) in [4.78, 5) is 9.67. The summed E-state index contributed by atoms with van der Waals surface area (Å²) in [6, 6.07) is 0.516. The molecule has 0 radical (unpaired) electrons. The number of piperazine rings is 1. The van der Waals surface area contributed by atoms with E-state index in [0.717, 1.165) is 37.1 Å². The Balaban J connectivity index is 1.38. The normalized spacial score (nSPS) is 23.2. The first-order valence-electron chi connectivity index (χ1n) is 7.99. The fourth-order valence-electron chi connectivity index (χ4n) is 3.05. The van der Waals surface area contributed by atoms with E-state index in [-0.39, 0.29) is 0 Å². The highest BCUT2D eigenvalue weighted by molar-refractivity contribution is 7.09. The van der Waals surface area contributed by atoms with Gasteiger partial charge in [0.15, 0.2) is 0 Å². The van der Waals surface area contributed by atoms with Crippen molar-refractivity contribution in [2.45, 2.75) is 38.3 Å². The molecule has 1 aliphatic heterocycles. The predicted molar refractivity (Wildman–Crippen MR) is 87.2 cm³/mol. The lowest BCUT2D eigenvalue weighted by molar-refractivity contribution is 0.181. The van der Waals surface area contributed by atoms with Gasteiger partial charge < -0.3 is 4.90 Å². The van der Waals surface area contributed by atoms with Gasteiger partial charge in [0.05, 0.1) is 6.20 Å². The van der Waals surface area contributed by atoms with Crippen LogP contribution in [0, 0.1) is 0 Å². The molecule has 1 atom stereocenters. The maximum Gasteiger partial charge on any atom is 0.205 e. The molecular weight excluding hydrogens is 296 g/mol. The number of hydrogen-bond acceptors (Lipinski definition) is 6. The maximum atomic E-state index is 4.74. The summed E-state index contributed by atoms with van der Waals surface area (Å²) in [5.74, 6) is 1.72.